The Balaban J connectivity index is 2.51. The molecule has 0 N–H and O–H groups in total. The van der Waals surface area contributed by atoms with Gasteiger partial charge in [0.1, 0.15) is 4.84 Å². The van der Waals surface area contributed by atoms with E-state index in [0.717, 1.165) is 21.7 Å². The van der Waals surface area contributed by atoms with Crippen LogP contribution in [0.3, 0.4) is 0 Å². The van der Waals surface area contributed by atoms with E-state index >= 15 is 0 Å². The molecule has 3 heteroatoms. The van der Waals surface area contributed by atoms with E-state index in [-0.39, 0.29) is 0 Å². The molecule has 0 spiro atoms. The second-order valence-corrected chi connectivity index (χ2v) is 4.93. The summed E-state index contributed by atoms with van der Waals surface area (Å²) in [6.07, 6.45) is 0. The molecule has 0 unspecified atom stereocenters. The van der Waals surface area contributed by atoms with Crippen LogP contribution < -0.4 is 0 Å². The first-order chi connectivity index (χ1) is 7.68. The Hall–Kier alpha value is -0.690. The van der Waals surface area contributed by atoms with Crippen molar-refractivity contribution in [1.29, 1.82) is 0 Å². The minimum absolute atomic E-state index is 0.521. The Labute approximate surface area is 110 Å². The molecule has 0 nitrogen and oxygen atoms in total. The first kappa shape index (κ1) is 11.8. The molecule has 0 bridgehead atoms. The molecule has 0 radical (unpaired) electrons. The quantitative estimate of drug-likeness (QED) is 0.634. The predicted octanol–water partition coefficient (Wildman–Crippen LogP) is 5.48. The summed E-state index contributed by atoms with van der Waals surface area (Å²) in [6, 6.07) is 15.4. The fourth-order valence-corrected chi connectivity index (χ4v) is 2.09. The van der Waals surface area contributed by atoms with Crippen molar-refractivity contribution in [1.82, 2.24) is 0 Å². The van der Waals surface area contributed by atoms with E-state index < -0.39 is 4.84 Å². The Morgan fingerprint density at radius 1 is 0.812 bits per heavy atom. The molecule has 0 aromatic heterocycles. The lowest BCUT2D eigenvalue weighted by Gasteiger charge is -2.10. The van der Waals surface area contributed by atoms with Crippen LogP contribution in [0.4, 0.5) is 0 Å². The molecule has 2 aromatic rings. The summed E-state index contributed by atoms with van der Waals surface area (Å²) in [6.45, 7) is 0. The molecule has 0 atom stereocenters. The highest BCUT2D eigenvalue weighted by Gasteiger charge is 2.10. The fraction of sp³-hybridized carbons (Fsp3) is 0.0769. The molecule has 0 aliphatic rings. The maximum Gasteiger partial charge on any atom is 0.133 e. The number of hydrogen-bond donors (Lipinski definition) is 0. The zero-order valence-electron chi connectivity index (χ0n) is 8.33. The first-order valence-corrected chi connectivity index (χ1v) is 6.06. The minimum atomic E-state index is -0.521. The van der Waals surface area contributed by atoms with Crippen LogP contribution in [0.15, 0.2) is 48.5 Å². The topological polar surface area (TPSA) is 0 Å². The van der Waals surface area contributed by atoms with Crippen LogP contribution in [-0.2, 0) is 0 Å². The lowest BCUT2D eigenvalue weighted by molar-refractivity contribution is 1.35. The molecule has 2 aromatic carbocycles. The number of hydrogen-bond acceptors (Lipinski definition) is 0. The van der Waals surface area contributed by atoms with E-state index in [1.807, 2.05) is 48.5 Å². The molecule has 82 valence electrons. The van der Waals surface area contributed by atoms with Crippen molar-refractivity contribution >= 4 is 34.8 Å². The highest BCUT2D eigenvalue weighted by Crippen LogP contribution is 2.34. The van der Waals surface area contributed by atoms with Crippen molar-refractivity contribution < 1.29 is 0 Å². The Kier molecular flexibility index (Phi) is 3.75. The van der Waals surface area contributed by atoms with Gasteiger partial charge in [-0.25, -0.2) is 0 Å². The monoisotopic (exact) mass is 270 g/mol. The number of benzene rings is 2. The summed E-state index contributed by atoms with van der Waals surface area (Å²) >= 11 is 17.7. The van der Waals surface area contributed by atoms with Crippen molar-refractivity contribution in [3.05, 3.63) is 59.1 Å². The molecule has 0 fully saturated rings. The van der Waals surface area contributed by atoms with Crippen LogP contribution in [0.1, 0.15) is 10.4 Å². The largest absolute Gasteiger partial charge is 0.133 e. The average molecular weight is 272 g/mol. The fourth-order valence-electron chi connectivity index (χ4n) is 1.58. The van der Waals surface area contributed by atoms with E-state index in [2.05, 4.69) is 0 Å². The summed E-state index contributed by atoms with van der Waals surface area (Å²) in [4.78, 5) is -0.521. The third-order valence-electron chi connectivity index (χ3n) is 2.35. The van der Waals surface area contributed by atoms with Crippen LogP contribution in [0, 0.1) is 0 Å². The lowest BCUT2D eigenvalue weighted by atomic mass is 10.0. The Morgan fingerprint density at radius 2 is 1.44 bits per heavy atom. The van der Waals surface area contributed by atoms with E-state index in [9.17, 15) is 0 Å². The summed E-state index contributed by atoms with van der Waals surface area (Å²) in [5.74, 6) is 0. The molecule has 0 amide bonds. The molecular weight excluding hydrogens is 263 g/mol. The van der Waals surface area contributed by atoms with Crippen molar-refractivity contribution in [3.8, 4) is 11.1 Å². The second-order valence-electron chi connectivity index (χ2n) is 3.39. The molecule has 0 aliphatic carbocycles. The Morgan fingerprint density at radius 3 is 2.06 bits per heavy atom. The first-order valence-electron chi connectivity index (χ1n) is 4.81. The van der Waals surface area contributed by atoms with Gasteiger partial charge in [-0.3, -0.25) is 0 Å². The zero-order valence-corrected chi connectivity index (χ0v) is 10.6. The van der Waals surface area contributed by atoms with Crippen molar-refractivity contribution in [2.75, 3.05) is 0 Å². The third kappa shape index (κ3) is 2.52. The van der Waals surface area contributed by atoms with E-state index in [0.29, 0.717) is 0 Å². The molecular formula is C13H9Cl3. The molecule has 0 aliphatic heterocycles. The Bertz CT molecular complexity index is 475. The summed E-state index contributed by atoms with van der Waals surface area (Å²) in [5.41, 5.74) is 3.01. The van der Waals surface area contributed by atoms with E-state index in [1.165, 1.54) is 0 Å². The minimum Gasteiger partial charge on any atom is -0.100 e. The number of halogens is 3. The molecule has 0 saturated heterocycles. The van der Waals surface area contributed by atoms with Crippen molar-refractivity contribution in [2.24, 2.45) is 0 Å². The van der Waals surface area contributed by atoms with E-state index in [1.54, 1.807) is 0 Å². The van der Waals surface area contributed by atoms with Gasteiger partial charge in [0.2, 0.25) is 0 Å². The van der Waals surface area contributed by atoms with Gasteiger partial charge in [0.15, 0.2) is 0 Å². The summed E-state index contributed by atoms with van der Waals surface area (Å²) < 4.78 is 0. The van der Waals surface area contributed by atoms with Crippen LogP contribution in [0.2, 0.25) is 5.02 Å². The summed E-state index contributed by atoms with van der Waals surface area (Å²) in [5, 5.41) is 0.717. The van der Waals surface area contributed by atoms with Crippen LogP contribution in [0.5, 0.6) is 0 Å². The maximum absolute atomic E-state index is 5.93. The van der Waals surface area contributed by atoms with Gasteiger partial charge >= 0.3 is 0 Å². The highest BCUT2D eigenvalue weighted by atomic mass is 35.5. The van der Waals surface area contributed by atoms with Gasteiger partial charge in [-0.2, -0.15) is 0 Å². The SMILES string of the molecule is Clc1ccc(-c2ccccc2C(Cl)Cl)cc1. The van der Waals surface area contributed by atoms with E-state index in [4.69, 9.17) is 34.8 Å². The smallest absolute Gasteiger partial charge is 0.100 e. The zero-order chi connectivity index (χ0) is 11.5. The molecule has 16 heavy (non-hydrogen) atoms. The number of alkyl halides is 2. The van der Waals surface area contributed by atoms with Crippen LogP contribution in [-0.4, -0.2) is 0 Å². The number of rotatable bonds is 2. The van der Waals surface area contributed by atoms with Gasteiger partial charge in [0, 0.05) is 5.02 Å². The maximum atomic E-state index is 5.93. The molecule has 2 rings (SSSR count). The van der Waals surface area contributed by atoms with Gasteiger partial charge < -0.3 is 0 Å². The summed E-state index contributed by atoms with van der Waals surface area (Å²) in [7, 11) is 0. The van der Waals surface area contributed by atoms with Gasteiger partial charge in [-0.05, 0) is 28.8 Å². The average Bonchev–Trinajstić information content (AvgIpc) is 2.30. The normalized spacial score (nSPS) is 10.8. The predicted molar refractivity (Wildman–Crippen MR) is 71.3 cm³/mol. The molecule has 0 saturated carbocycles. The van der Waals surface area contributed by atoms with Gasteiger partial charge in [-0.1, -0.05) is 48.0 Å². The molecule has 0 heterocycles. The van der Waals surface area contributed by atoms with Crippen LogP contribution in [0.25, 0.3) is 11.1 Å². The van der Waals surface area contributed by atoms with Crippen LogP contribution >= 0.6 is 34.8 Å². The van der Waals surface area contributed by atoms with Crippen molar-refractivity contribution in [2.45, 2.75) is 4.84 Å². The lowest BCUT2D eigenvalue weighted by Crippen LogP contribution is -1.87. The van der Waals surface area contributed by atoms with Gasteiger partial charge in [0.25, 0.3) is 0 Å². The van der Waals surface area contributed by atoms with Crippen molar-refractivity contribution in [3.63, 3.8) is 0 Å². The second kappa shape index (κ2) is 5.09. The highest BCUT2D eigenvalue weighted by molar-refractivity contribution is 6.44. The standard InChI is InChI=1S/C13H9Cl3/c14-10-7-5-9(6-8-10)11-3-1-2-4-12(11)13(15)16/h1-8,13H. The van der Waals surface area contributed by atoms with Gasteiger partial charge in [-0.15, -0.1) is 23.2 Å². The van der Waals surface area contributed by atoms with Gasteiger partial charge in [0.05, 0.1) is 0 Å². The third-order valence-corrected chi connectivity index (χ3v) is 3.07.